The lowest BCUT2D eigenvalue weighted by Crippen LogP contribution is -2.13. The molecule has 5 rings (SSSR count). The standard InChI is InChI=1S/C23H23N5O2S/c1-14-12-16(20-21(24-14)28-11-7-3-4-10-19(28)26-20)22(29)27-23-25-17(13-31-23)15-8-5-6-9-18(15)30-2/h5-6,8-9,12-13H,3-4,7,10-11H2,1-2H3,(H,25,27,29). The molecule has 8 heteroatoms. The molecule has 4 aromatic rings. The fraction of sp³-hybridized carbons (Fsp3) is 0.304. The van der Waals surface area contributed by atoms with Gasteiger partial charge in [0.25, 0.3) is 5.91 Å². The van der Waals surface area contributed by atoms with Crippen molar-refractivity contribution in [3.63, 3.8) is 0 Å². The molecule has 0 radical (unpaired) electrons. The topological polar surface area (TPSA) is 81.9 Å². The van der Waals surface area contributed by atoms with Crippen molar-refractivity contribution in [3.05, 3.63) is 52.8 Å². The number of amides is 1. The normalized spacial score (nSPS) is 13.6. The van der Waals surface area contributed by atoms with Gasteiger partial charge in [0.15, 0.2) is 10.8 Å². The minimum absolute atomic E-state index is 0.218. The highest BCUT2D eigenvalue weighted by atomic mass is 32.1. The number of rotatable bonds is 4. The zero-order chi connectivity index (χ0) is 21.4. The van der Waals surface area contributed by atoms with Gasteiger partial charge in [0.05, 0.1) is 18.4 Å². The van der Waals surface area contributed by atoms with Gasteiger partial charge in [-0.15, -0.1) is 11.3 Å². The van der Waals surface area contributed by atoms with E-state index in [1.165, 1.54) is 17.8 Å². The first kappa shape index (κ1) is 19.7. The van der Waals surface area contributed by atoms with Crippen LogP contribution in [0, 0.1) is 6.92 Å². The van der Waals surface area contributed by atoms with E-state index in [1.54, 1.807) is 13.2 Å². The van der Waals surface area contributed by atoms with Crippen molar-refractivity contribution in [2.45, 2.75) is 39.2 Å². The lowest BCUT2D eigenvalue weighted by molar-refractivity contribution is 0.102. The van der Waals surface area contributed by atoms with E-state index in [4.69, 9.17) is 14.7 Å². The van der Waals surface area contributed by atoms with E-state index in [2.05, 4.69) is 14.9 Å². The first-order valence-corrected chi connectivity index (χ1v) is 11.3. The van der Waals surface area contributed by atoms with Gasteiger partial charge in [-0.3, -0.25) is 10.1 Å². The van der Waals surface area contributed by atoms with Crippen molar-refractivity contribution in [2.75, 3.05) is 12.4 Å². The number of anilines is 1. The van der Waals surface area contributed by atoms with Gasteiger partial charge in [-0.05, 0) is 38.0 Å². The first-order valence-electron chi connectivity index (χ1n) is 10.4. The highest BCUT2D eigenvalue weighted by Gasteiger charge is 2.21. The third kappa shape index (κ3) is 3.67. The Bertz CT molecular complexity index is 1280. The Balaban J connectivity index is 1.47. The number of benzene rings is 1. The second-order valence-electron chi connectivity index (χ2n) is 7.67. The number of aromatic nitrogens is 4. The van der Waals surface area contributed by atoms with Crippen LogP contribution in [0.4, 0.5) is 5.13 Å². The summed E-state index contributed by atoms with van der Waals surface area (Å²) in [6.45, 7) is 2.81. The highest BCUT2D eigenvalue weighted by Crippen LogP contribution is 2.32. The molecule has 4 heterocycles. The quantitative estimate of drug-likeness (QED) is 0.497. The van der Waals surface area contributed by atoms with E-state index in [-0.39, 0.29) is 5.91 Å². The molecule has 1 N–H and O–H groups in total. The lowest BCUT2D eigenvalue weighted by Gasteiger charge is -2.07. The second-order valence-corrected chi connectivity index (χ2v) is 8.52. The Labute approximate surface area is 184 Å². The van der Waals surface area contributed by atoms with Crippen molar-refractivity contribution in [2.24, 2.45) is 0 Å². The van der Waals surface area contributed by atoms with Gasteiger partial charge in [-0.1, -0.05) is 18.6 Å². The van der Waals surface area contributed by atoms with Crippen molar-refractivity contribution >= 4 is 33.5 Å². The van der Waals surface area contributed by atoms with Crippen LogP contribution in [-0.4, -0.2) is 32.5 Å². The first-order chi connectivity index (χ1) is 15.1. The average Bonchev–Trinajstić information content (AvgIpc) is 3.30. The number of aryl methyl sites for hydroxylation is 3. The number of para-hydroxylation sites is 1. The Morgan fingerprint density at radius 1 is 1.16 bits per heavy atom. The average molecular weight is 434 g/mol. The molecule has 31 heavy (non-hydrogen) atoms. The molecule has 0 unspecified atom stereocenters. The highest BCUT2D eigenvalue weighted by molar-refractivity contribution is 7.14. The van der Waals surface area contributed by atoms with Crippen molar-refractivity contribution in [1.29, 1.82) is 0 Å². The summed E-state index contributed by atoms with van der Waals surface area (Å²) in [5.41, 5.74) is 4.47. The number of hydrogen-bond donors (Lipinski definition) is 1. The summed E-state index contributed by atoms with van der Waals surface area (Å²) in [4.78, 5) is 27.3. The monoisotopic (exact) mass is 433 g/mol. The number of methoxy groups -OCH3 is 1. The summed E-state index contributed by atoms with van der Waals surface area (Å²) in [5, 5.41) is 5.40. The van der Waals surface area contributed by atoms with Crippen LogP contribution in [0.3, 0.4) is 0 Å². The molecule has 0 saturated carbocycles. The Morgan fingerprint density at radius 2 is 2.03 bits per heavy atom. The summed E-state index contributed by atoms with van der Waals surface area (Å²) < 4.78 is 7.61. The largest absolute Gasteiger partial charge is 0.496 e. The van der Waals surface area contributed by atoms with E-state index in [0.717, 1.165) is 60.0 Å². The number of fused-ring (bicyclic) bond motifs is 3. The van der Waals surface area contributed by atoms with Crippen molar-refractivity contribution in [1.82, 2.24) is 19.5 Å². The van der Waals surface area contributed by atoms with E-state index in [9.17, 15) is 4.79 Å². The number of ether oxygens (including phenoxy) is 1. The van der Waals surface area contributed by atoms with Crippen LogP contribution in [0.5, 0.6) is 5.75 Å². The van der Waals surface area contributed by atoms with Gasteiger partial charge in [0, 0.05) is 29.6 Å². The van der Waals surface area contributed by atoms with Crippen LogP contribution >= 0.6 is 11.3 Å². The van der Waals surface area contributed by atoms with Crippen LogP contribution in [-0.2, 0) is 13.0 Å². The summed E-state index contributed by atoms with van der Waals surface area (Å²) >= 11 is 1.39. The maximum absolute atomic E-state index is 13.2. The number of pyridine rings is 1. The maximum Gasteiger partial charge on any atom is 0.259 e. The second kappa shape index (κ2) is 8.11. The number of nitrogens with one attached hydrogen (secondary N) is 1. The van der Waals surface area contributed by atoms with E-state index >= 15 is 0 Å². The SMILES string of the molecule is COc1ccccc1-c1csc(NC(=O)c2cc(C)nc3c2nc2n3CCCCC2)n1. The molecule has 1 aliphatic rings. The molecule has 158 valence electrons. The minimum atomic E-state index is -0.218. The molecule has 0 aliphatic carbocycles. The predicted octanol–water partition coefficient (Wildman–Crippen LogP) is 4.85. The maximum atomic E-state index is 13.2. The fourth-order valence-corrected chi connectivity index (χ4v) is 4.77. The van der Waals surface area contributed by atoms with Crippen LogP contribution in [0.15, 0.2) is 35.7 Å². The summed E-state index contributed by atoms with van der Waals surface area (Å²) in [6, 6.07) is 9.51. The molecule has 3 aromatic heterocycles. The van der Waals surface area contributed by atoms with Crippen LogP contribution in [0.1, 0.15) is 41.1 Å². The number of carbonyl (C=O) groups excluding carboxylic acids is 1. The molecular weight excluding hydrogens is 410 g/mol. The number of nitrogens with zero attached hydrogens (tertiary/aromatic N) is 4. The van der Waals surface area contributed by atoms with Gasteiger partial charge < -0.3 is 9.30 Å². The molecule has 7 nitrogen and oxygen atoms in total. The minimum Gasteiger partial charge on any atom is -0.496 e. The van der Waals surface area contributed by atoms with Gasteiger partial charge in [-0.25, -0.2) is 15.0 Å². The predicted molar refractivity (Wildman–Crippen MR) is 122 cm³/mol. The number of thiazole rings is 1. The molecule has 0 saturated heterocycles. The molecule has 1 aromatic carbocycles. The van der Waals surface area contributed by atoms with Gasteiger partial charge in [-0.2, -0.15) is 0 Å². The van der Waals surface area contributed by atoms with Crippen molar-refractivity contribution < 1.29 is 9.53 Å². The van der Waals surface area contributed by atoms with Gasteiger partial charge >= 0.3 is 0 Å². The van der Waals surface area contributed by atoms with E-state index in [1.807, 2.05) is 36.6 Å². The van der Waals surface area contributed by atoms with E-state index < -0.39 is 0 Å². The lowest BCUT2D eigenvalue weighted by atomic mass is 10.1. The zero-order valence-corrected chi connectivity index (χ0v) is 18.3. The third-order valence-electron chi connectivity index (χ3n) is 5.54. The summed E-state index contributed by atoms with van der Waals surface area (Å²) in [5.74, 6) is 1.55. The molecule has 0 atom stereocenters. The number of carbonyl (C=O) groups is 1. The Morgan fingerprint density at radius 3 is 2.90 bits per heavy atom. The number of imidazole rings is 1. The summed E-state index contributed by atoms with van der Waals surface area (Å²) in [7, 11) is 1.64. The van der Waals surface area contributed by atoms with Gasteiger partial charge in [0.1, 0.15) is 17.1 Å². The smallest absolute Gasteiger partial charge is 0.259 e. The molecule has 1 amide bonds. The third-order valence-corrected chi connectivity index (χ3v) is 6.30. The molecule has 0 bridgehead atoms. The van der Waals surface area contributed by atoms with Gasteiger partial charge in [0.2, 0.25) is 0 Å². The van der Waals surface area contributed by atoms with Crippen molar-refractivity contribution in [3.8, 4) is 17.0 Å². The van der Waals surface area contributed by atoms with Crippen LogP contribution in [0.2, 0.25) is 0 Å². The Kier molecular flexibility index (Phi) is 5.15. The molecule has 0 fully saturated rings. The number of hydrogen-bond acceptors (Lipinski definition) is 6. The molecule has 1 aliphatic heterocycles. The molecular formula is C23H23N5O2S. The van der Waals surface area contributed by atoms with Crippen LogP contribution < -0.4 is 10.1 Å². The van der Waals surface area contributed by atoms with Crippen LogP contribution in [0.25, 0.3) is 22.4 Å². The Hall–Kier alpha value is -3.26. The van der Waals surface area contributed by atoms with E-state index in [0.29, 0.717) is 16.2 Å². The summed E-state index contributed by atoms with van der Waals surface area (Å²) in [6.07, 6.45) is 4.35. The zero-order valence-electron chi connectivity index (χ0n) is 17.5. The molecule has 0 spiro atoms. The fourth-order valence-electron chi connectivity index (χ4n) is 4.06.